The van der Waals surface area contributed by atoms with Gasteiger partial charge in [-0.1, -0.05) is 6.42 Å². The highest BCUT2D eigenvalue weighted by Crippen LogP contribution is 2.38. The smallest absolute Gasteiger partial charge is 0.311 e. The number of carbonyl (C=O) groups is 2. The van der Waals surface area contributed by atoms with Gasteiger partial charge in [0.25, 0.3) is 0 Å². The molecule has 18 heavy (non-hydrogen) atoms. The molecule has 3 N–H and O–H groups in total. The lowest BCUT2D eigenvalue weighted by Crippen LogP contribution is -2.55. The standard InChI is InChI=1S/C12H20N2O3S/c1-12(11(16)17)4-2-3-9(12)14-10(15)8-7-18-6-5-13-8/h8-9,13H,2-7H2,1H3,(H,14,15)(H,16,17). The summed E-state index contributed by atoms with van der Waals surface area (Å²) in [5.41, 5.74) is -0.808. The number of hydrogen-bond donors (Lipinski definition) is 3. The third-order valence-electron chi connectivity index (χ3n) is 4.00. The molecule has 2 rings (SSSR count). The molecule has 102 valence electrons. The molecule has 0 aromatic carbocycles. The number of hydrogen-bond acceptors (Lipinski definition) is 4. The molecule has 1 saturated carbocycles. The van der Waals surface area contributed by atoms with Crippen LogP contribution in [0.4, 0.5) is 0 Å². The molecule has 1 saturated heterocycles. The van der Waals surface area contributed by atoms with Crippen LogP contribution in [0.5, 0.6) is 0 Å². The van der Waals surface area contributed by atoms with Crippen molar-refractivity contribution in [2.45, 2.75) is 38.3 Å². The molecule has 2 fully saturated rings. The van der Waals surface area contributed by atoms with Crippen LogP contribution in [-0.2, 0) is 9.59 Å². The second-order valence-corrected chi connectivity index (χ2v) is 6.41. The number of carboxylic acids is 1. The molecule has 2 aliphatic rings. The number of carbonyl (C=O) groups excluding carboxylic acids is 1. The number of amides is 1. The molecule has 1 amide bonds. The van der Waals surface area contributed by atoms with Crippen LogP contribution >= 0.6 is 11.8 Å². The van der Waals surface area contributed by atoms with E-state index in [-0.39, 0.29) is 18.0 Å². The molecule has 1 heterocycles. The first kappa shape index (κ1) is 13.7. The summed E-state index contributed by atoms with van der Waals surface area (Å²) in [6.45, 7) is 2.57. The minimum absolute atomic E-state index is 0.0541. The molecule has 0 aromatic rings. The third-order valence-corrected chi connectivity index (χ3v) is 5.06. The van der Waals surface area contributed by atoms with E-state index in [0.717, 1.165) is 30.9 Å². The SMILES string of the molecule is CC1(C(=O)O)CCCC1NC(=O)C1CSCCN1. The predicted molar refractivity (Wildman–Crippen MR) is 70.6 cm³/mol. The third kappa shape index (κ3) is 2.64. The fourth-order valence-electron chi connectivity index (χ4n) is 2.66. The van der Waals surface area contributed by atoms with Gasteiger partial charge in [-0.2, -0.15) is 11.8 Å². The van der Waals surface area contributed by atoms with Gasteiger partial charge in [-0.15, -0.1) is 0 Å². The number of aliphatic carboxylic acids is 1. The van der Waals surface area contributed by atoms with Crippen molar-refractivity contribution in [3.8, 4) is 0 Å². The van der Waals surface area contributed by atoms with Gasteiger partial charge < -0.3 is 15.7 Å². The van der Waals surface area contributed by atoms with Gasteiger partial charge in [0.1, 0.15) is 0 Å². The van der Waals surface area contributed by atoms with Crippen molar-refractivity contribution >= 4 is 23.6 Å². The van der Waals surface area contributed by atoms with E-state index < -0.39 is 11.4 Å². The molecular formula is C12H20N2O3S. The Morgan fingerprint density at radius 1 is 1.50 bits per heavy atom. The van der Waals surface area contributed by atoms with Crippen molar-refractivity contribution in [2.75, 3.05) is 18.1 Å². The van der Waals surface area contributed by atoms with Gasteiger partial charge in [0.05, 0.1) is 11.5 Å². The van der Waals surface area contributed by atoms with Crippen LogP contribution in [0.1, 0.15) is 26.2 Å². The lowest BCUT2D eigenvalue weighted by Gasteiger charge is -2.30. The van der Waals surface area contributed by atoms with Gasteiger partial charge >= 0.3 is 5.97 Å². The molecule has 0 radical (unpaired) electrons. The van der Waals surface area contributed by atoms with Crippen molar-refractivity contribution in [3.05, 3.63) is 0 Å². The second kappa shape index (κ2) is 5.48. The summed E-state index contributed by atoms with van der Waals surface area (Å²) in [4.78, 5) is 23.4. The number of thioether (sulfide) groups is 1. The Hall–Kier alpha value is -0.750. The van der Waals surface area contributed by atoms with Crippen LogP contribution in [-0.4, -0.2) is 47.1 Å². The summed E-state index contributed by atoms with van der Waals surface area (Å²) in [5, 5.41) is 15.4. The zero-order chi connectivity index (χ0) is 13.2. The lowest BCUT2D eigenvalue weighted by molar-refractivity contribution is -0.149. The van der Waals surface area contributed by atoms with E-state index >= 15 is 0 Å². The molecular weight excluding hydrogens is 252 g/mol. The lowest BCUT2D eigenvalue weighted by atomic mass is 9.85. The van der Waals surface area contributed by atoms with Gasteiger partial charge in [0.15, 0.2) is 0 Å². The largest absolute Gasteiger partial charge is 0.481 e. The molecule has 1 aliphatic heterocycles. The fourth-order valence-corrected chi connectivity index (χ4v) is 3.59. The summed E-state index contributed by atoms with van der Waals surface area (Å²) < 4.78 is 0. The van der Waals surface area contributed by atoms with Crippen molar-refractivity contribution < 1.29 is 14.7 Å². The van der Waals surface area contributed by atoms with Gasteiger partial charge in [-0.25, -0.2) is 0 Å². The van der Waals surface area contributed by atoms with Crippen LogP contribution in [0.2, 0.25) is 0 Å². The van der Waals surface area contributed by atoms with Crippen LogP contribution in [0.3, 0.4) is 0 Å². The second-order valence-electron chi connectivity index (χ2n) is 5.26. The molecule has 0 aromatic heterocycles. The fraction of sp³-hybridized carbons (Fsp3) is 0.833. The molecule has 6 heteroatoms. The maximum atomic E-state index is 12.1. The highest BCUT2D eigenvalue weighted by molar-refractivity contribution is 7.99. The first-order valence-electron chi connectivity index (χ1n) is 6.39. The summed E-state index contributed by atoms with van der Waals surface area (Å²) in [6.07, 6.45) is 2.26. The van der Waals surface area contributed by atoms with Gasteiger partial charge in [-0.3, -0.25) is 9.59 Å². The predicted octanol–water partition coefficient (Wildman–Crippen LogP) is 0.451. The summed E-state index contributed by atoms with van der Waals surface area (Å²) >= 11 is 1.76. The van der Waals surface area contributed by atoms with Crippen LogP contribution in [0.15, 0.2) is 0 Å². The minimum Gasteiger partial charge on any atom is -0.481 e. The van der Waals surface area contributed by atoms with Crippen LogP contribution in [0.25, 0.3) is 0 Å². The summed E-state index contributed by atoms with van der Waals surface area (Å²) in [6, 6.07) is -0.418. The molecule has 1 aliphatic carbocycles. The Balaban J connectivity index is 1.95. The Bertz CT molecular complexity index is 344. The normalized spacial score (nSPS) is 36.3. The summed E-state index contributed by atoms with van der Waals surface area (Å²) in [7, 11) is 0. The maximum Gasteiger partial charge on any atom is 0.311 e. The van der Waals surface area contributed by atoms with Crippen LogP contribution < -0.4 is 10.6 Å². The van der Waals surface area contributed by atoms with E-state index in [1.807, 2.05) is 0 Å². The first-order chi connectivity index (χ1) is 8.54. The topological polar surface area (TPSA) is 78.4 Å². The van der Waals surface area contributed by atoms with Crippen molar-refractivity contribution in [2.24, 2.45) is 5.41 Å². The molecule has 5 nitrogen and oxygen atoms in total. The van der Waals surface area contributed by atoms with Gasteiger partial charge in [0.2, 0.25) is 5.91 Å². The number of carboxylic acid groups (broad SMARTS) is 1. The summed E-state index contributed by atoms with van der Waals surface area (Å²) in [5.74, 6) is 0.931. The Morgan fingerprint density at radius 2 is 2.28 bits per heavy atom. The Labute approximate surface area is 111 Å². The molecule has 3 atom stereocenters. The van der Waals surface area contributed by atoms with Crippen molar-refractivity contribution in [3.63, 3.8) is 0 Å². The van der Waals surface area contributed by atoms with E-state index in [1.54, 1.807) is 18.7 Å². The Morgan fingerprint density at radius 3 is 2.89 bits per heavy atom. The Kier molecular flexibility index (Phi) is 4.17. The molecule has 0 spiro atoms. The quantitative estimate of drug-likeness (QED) is 0.695. The van der Waals surface area contributed by atoms with Gasteiger partial charge in [0, 0.05) is 24.1 Å². The van der Waals surface area contributed by atoms with Crippen molar-refractivity contribution in [1.82, 2.24) is 10.6 Å². The van der Waals surface area contributed by atoms with E-state index in [4.69, 9.17) is 0 Å². The number of rotatable bonds is 3. The average molecular weight is 272 g/mol. The van der Waals surface area contributed by atoms with Gasteiger partial charge in [-0.05, 0) is 19.8 Å². The highest BCUT2D eigenvalue weighted by Gasteiger charge is 2.46. The average Bonchev–Trinajstić information content (AvgIpc) is 2.73. The number of nitrogens with one attached hydrogen (secondary N) is 2. The first-order valence-corrected chi connectivity index (χ1v) is 7.54. The van der Waals surface area contributed by atoms with E-state index in [2.05, 4.69) is 10.6 Å². The zero-order valence-corrected chi connectivity index (χ0v) is 11.4. The zero-order valence-electron chi connectivity index (χ0n) is 10.6. The van der Waals surface area contributed by atoms with Crippen LogP contribution in [0, 0.1) is 5.41 Å². The highest BCUT2D eigenvalue weighted by atomic mass is 32.2. The monoisotopic (exact) mass is 272 g/mol. The molecule has 3 unspecified atom stereocenters. The minimum atomic E-state index is -0.809. The van der Waals surface area contributed by atoms with Crippen molar-refractivity contribution in [1.29, 1.82) is 0 Å². The van der Waals surface area contributed by atoms with E-state index in [0.29, 0.717) is 6.42 Å². The maximum absolute atomic E-state index is 12.1. The van der Waals surface area contributed by atoms with E-state index in [9.17, 15) is 14.7 Å². The van der Waals surface area contributed by atoms with E-state index in [1.165, 1.54) is 0 Å². The molecule has 0 bridgehead atoms.